The van der Waals surface area contributed by atoms with Gasteiger partial charge in [0, 0.05) is 12.2 Å². The number of hydrogen-bond donors (Lipinski definition) is 1. The first-order chi connectivity index (χ1) is 8.29. The minimum atomic E-state index is 0.477. The standard InChI is InChI=1S/C14H11ClN2/c15-14-8-13(7-6-12(14)9-16)17-10-11-4-2-1-3-5-11/h1-8,17H,10H2. The number of hydrogen-bond acceptors (Lipinski definition) is 2. The molecule has 84 valence electrons. The zero-order valence-electron chi connectivity index (χ0n) is 9.15. The van der Waals surface area contributed by atoms with Gasteiger partial charge in [-0.1, -0.05) is 41.9 Å². The van der Waals surface area contributed by atoms with E-state index in [0.717, 1.165) is 12.2 Å². The van der Waals surface area contributed by atoms with Crippen LogP contribution >= 0.6 is 11.6 Å². The lowest BCUT2D eigenvalue weighted by Gasteiger charge is -2.07. The van der Waals surface area contributed by atoms with Crippen LogP contribution in [0.15, 0.2) is 48.5 Å². The van der Waals surface area contributed by atoms with Crippen molar-refractivity contribution in [3.8, 4) is 6.07 Å². The van der Waals surface area contributed by atoms with Crippen LogP contribution in [0.2, 0.25) is 5.02 Å². The summed E-state index contributed by atoms with van der Waals surface area (Å²) in [5.74, 6) is 0. The largest absolute Gasteiger partial charge is 0.381 e. The highest BCUT2D eigenvalue weighted by Crippen LogP contribution is 2.20. The van der Waals surface area contributed by atoms with Crippen LogP contribution in [-0.4, -0.2) is 0 Å². The summed E-state index contributed by atoms with van der Waals surface area (Å²) in [4.78, 5) is 0. The first-order valence-electron chi connectivity index (χ1n) is 5.27. The van der Waals surface area contributed by atoms with E-state index in [0.29, 0.717) is 10.6 Å². The van der Waals surface area contributed by atoms with Gasteiger partial charge in [-0.25, -0.2) is 0 Å². The SMILES string of the molecule is N#Cc1ccc(NCc2ccccc2)cc1Cl. The summed E-state index contributed by atoms with van der Waals surface area (Å²) in [6, 6.07) is 17.5. The molecule has 1 N–H and O–H groups in total. The normalized spacial score (nSPS) is 9.65. The average molecular weight is 243 g/mol. The highest BCUT2D eigenvalue weighted by atomic mass is 35.5. The molecule has 2 aromatic rings. The third-order valence-corrected chi connectivity index (χ3v) is 2.74. The van der Waals surface area contributed by atoms with Gasteiger partial charge in [0.25, 0.3) is 0 Å². The fraction of sp³-hybridized carbons (Fsp3) is 0.0714. The number of halogens is 1. The monoisotopic (exact) mass is 242 g/mol. The van der Waals surface area contributed by atoms with E-state index in [9.17, 15) is 0 Å². The van der Waals surface area contributed by atoms with Crippen molar-refractivity contribution in [1.82, 2.24) is 0 Å². The minimum absolute atomic E-state index is 0.477. The maximum atomic E-state index is 8.76. The lowest BCUT2D eigenvalue weighted by molar-refractivity contribution is 1.15. The Kier molecular flexibility index (Phi) is 3.64. The van der Waals surface area contributed by atoms with Crippen molar-refractivity contribution in [2.24, 2.45) is 0 Å². The predicted molar refractivity (Wildman–Crippen MR) is 69.9 cm³/mol. The van der Waals surface area contributed by atoms with Gasteiger partial charge in [0.15, 0.2) is 0 Å². The van der Waals surface area contributed by atoms with E-state index < -0.39 is 0 Å². The quantitative estimate of drug-likeness (QED) is 0.888. The molecule has 0 amide bonds. The molecular formula is C14H11ClN2. The highest BCUT2D eigenvalue weighted by Gasteiger charge is 2.00. The minimum Gasteiger partial charge on any atom is -0.381 e. The lowest BCUT2D eigenvalue weighted by Crippen LogP contribution is -1.99. The van der Waals surface area contributed by atoms with Crippen molar-refractivity contribution in [2.75, 3.05) is 5.32 Å². The Balaban J connectivity index is 2.06. The summed E-state index contributed by atoms with van der Waals surface area (Å²) >= 11 is 5.95. The Hall–Kier alpha value is -1.98. The molecule has 0 aromatic heterocycles. The Morgan fingerprint density at radius 2 is 1.88 bits per heavy atom. The average Bonchev–Trinajstić information content (AvgIpc) is 2.38. The summed E-state index contributed by atoms with van der Waals surface area (Å²) in [7, 11) is 0. The lowest BCUT2D eigenvalue weighted by atomic mass is 10.2. The van der Waals surface area contributed by atoms with Gasteiger partial charge in [0.05, 0.1) is 10.6 Å². The molecule has 0 heterocycles. The molecule has 0 radical (unpaired) electrons. The summed E-state index contributed by atoms with van der Waals surface area (Å²) in [5, 5.41) is 12.5. The zero-order chi connectivity index (χ0) is 12.1. The first-order valence-corrected chi connectivity index (χ1v) is 5.65. The van der Waals surface area contributed by atoms with Crippen LogP contribution < -0.4 is 5.32 Å². The Bertz CT molecular complexity index is 544. The summed E-state index contributed by atoms with van der Waals surface area (Å²) in [6.07, 6.45) is 0. The second-order valence-electron chi connectivity index (χ2n) is 3.65. The molecule has 0 aliphatic rings. The third kappa shape index (κ3) is 2.99. The maximum absolute atomic E-state index is 8.76. The van der Waals surface area contributed by atoms with Crippen LogP contribution in [0.1, 0.15) is 11.1 Å². The van der Waals surface area contributed by atoms with Crippen molar-refractivity contribution in [2.45, 2.75) is 6.54 Å². The topological polar surface area (TPSA) is 35.8 Å². The van der Waals surface area contributed by atoms with Crippen LogP contribution in [0, 0.1) is 11.3 Å². The van der Waals surface area contributed by atoms with Crippen LogP contribution in [0.3, 0.4) is 0 Å². The van der Waals surface area contributed by atoms with Crippen LogP contribution in [0.4, 0.5) is 5.69 Å². The predicted octanol–water partition coefficient (Wildman–Crippen LogP) is 3.82. The Morgan fingerprint density at radius 1 is 1.12 bits per heavy atom. The van der Waals surface area contributed by atoms with Gasteiger partial charge in [-0.2, -0.15) is 5.26 Å². The van der Waals surface area contributed by atoms with Crippen LogP contribution in [0.25, 0.3) is 0 Å². The second kappa shape index (κ2) is 5.38. The van der Waals surface area contributed by atoms with Crippen LogP contribution in [0.5, 0.6) is 0 Å². The molecule has 3 heteroatoms. The van der Waals surface area contributed by atoms with E-state index in [4.69, 9.17) is 16.9 Å². The molecule has 2 nitrogen and oxygen atoms in total. The zero-order valence-corrected chi connectivity index (χ0v) is 9.91. The number of benzene rings is 2. The van der Waals surface area contributed by atoms with Gasteiger partial charge in [0.2, 0.25) is 0 Å². The van der Waals surface area contributed by atoms with Gasteiger partial charge in [-0.05, 0) is 23.8 Å². The van der Waals surface area contributed by atoms with E-state index >= 15 is 0 Å². The molecule has 0 aliphatic carbocycles. The molecule has 0 fully saturated rings. The molecule has 0 saturated heterocycles. The van der Waals surface area contributed by atoms with Crippen molar-refractivity contribution >= 4 is 17.3 Å². The number of nitriles is 1. The van der Waals surface area contributed by atoms with Crippen molar-refractivity contribution in [1.29, 1.82) is 5.26 Å². The number of nitrogens with zero attached hydrogens (tertiary/aromatic N) is 1. The van der Waals surface area contributed by atoms with Gasteiger partial charge in [-0.15, -0.1) is 0 Å². The molecule has 2 rings (SSSR count). The first kappa shape index (κ1) is 11.5. The molecule has 0 spiro atoms. The maximum Gasteiger partial charge on any atom is 0.101 e. The van der Waals surface area contributed by atoms with Crippen molar-refractivity contribution in [3.63, 3.8) is 0 Å². The Labute approximate surface area is 105 Å². The van der Waals surface area contributed by atoms with Gasteiger partial charge < -0.3 is 5.32 Å². The fourth-order valence-corrected chi connectivity index (χ4v) is 1.74. The van der Waals surface area contributed by atoms with E-state index in [1.54, 1.807) is 12.1 Å². The number of nitrogens with one attached hydrogen (secondary N) is 1. The summed E-state index contributed by atoms with van der Waals surface area (Å²) in [5.41, 5.74) is 2.61. The van der Waals surface area contributed by atoms with E-state index in [1.807, 2.05) is 30.3 Å². The smallest absolute Gasteiger partial charge is 0.101 e. The Morgan fingerprint density at radius 3 is 2.53 bits per heavy atom. The molecule has 0 unspecified atom stereocenters. The van der Waals surface area contributed by atoms with Crippen molar-refractivity contribution < 1.29 is 0 Å². The van der Waals surface area contributed by atoms with E-state index in [-0.39, 0.29) is 0 Å². The van der Waals surface area contributed by atoms with E-state index in [1.165, 1.54) is 5.56 Å². The summed E-state index contributed by atoms with van der Waals surface area (Å²) < 4.78 is 0. The fourth-order valence-electron chi connectivity index (χ4n) is 1.52. The van der Waals surface area contributed by atoms with Gasteiger partial charge in [-0.3, -0.25) is 0 Å². The van der Waals surface area contributed by atoms with Crippen LogP contribution in [-0.2, 0) is 6.54 Å². The number of anilines is 1. The van der Waals surface area contributed by atoms with E-state index in [2.05, 4.69) is 17.4 Å². The highest BCUT2D eigenvalue weighted by molar-refractivity contribution is 6.32. The van der Waals surface area contributed by atoms with Gasteiger partial charge >= 0.3 is 0 Å². The molecule has 0 aliphatic heterocycles. The molecule has 0 bridgehead atoms. The molecule has 17 heavy (non-hydrogen) atoms. The molecule has 0 saturated carbocycles. The molecular weight excluding hydrogens is 232 g/mol. The number of rotatable bonds is 3. The summed E-state index contributed by atoms with van der Waals surface area (Å²) in [6.45, 7) is 0.739. The second-order valence-corrected chi connectivity index (χ2v) is 4.05. The molecule has 2 aromatic carbocycles. The van der Waals surface area contributed by atoms with Gasteiger partial charge in [0.1, 0.15) is 6.07 Å². The van der Waals surface area contributed by atoms with Crippen molar-refractivity contribution in [3.05, 3.63) is 64.7 Å². The molecule has 0 atom stereocenters. The third-order valence-electron chi connectivity index (χ3n) is 2.43.